The number of aromatic nitrogens is 2. The van der Waals surface area contributed by atoms with Crippen molar-refractivity contribution >= 4 is 28.6 Å². The van der Waals surface area contributed by atoms with E-state index in [9.17, 15) is 4.79 Å². The summed E-state index contributed by atoms with van der Waals surface area (Å²) in [5.41, 5.74) is 3.51. The normalized spacial score (nSPS) is 22.9. The van der Waals surface area contributed by atoms with E-state index in [1.165, 1.54) is 11.3 Å². The highest BCUT2D eigenvalue weighted by Gasteiger charge is 2.27. The summed E-state index contributed by atoms with van der Waals surface area (Å²) in [6, 6.07) is 6.10. The first-order valence-electron chi connectivity index (χ1n) is 8.16. The van der Waals surface area contributed by atoms with Gasteiger partial charge in [0.25, 0.3) is 5.56 Å². The van der Waals surface area contributed by atoms with Crippen molar-refractivity contribution in [3.63, 3.8) is 0 Å². The van der Waals surface area contributed by atoms with Crippen molar-refractivity contribution < 1.29 is 0 Å². The Bertz CT molecular complexity index is 882. The minimum atomic E-state index is 0.107. The Kier molecular flexibility index (Phi) is 3.38. The van der Waals surface area contributed by atoms with Gasteiger partial charge in [0.1, 0.15) is 5.82 Å². The van der Waals surface area contributed by atoms with Gasteiger partial charge in [-0.1, -0.05) is 19.9 Å². The molecule has 2 aliphatic rings. The van der Waals surface area contributed by atoms with Gasteiger partial charge in [-0.05, 0) is 48.4 Å². The van der Waals surface area contributed by atoms with Crippen LogP contribution in [-0.4, -0.2) is 15.3 Å². The Balaban J connectivity index is 1.80. The van der Waals surface area contributed by atoms with Crippen LogP contribution in [0.2, 0.25) is 0 Å². The van der Waals surface area contributed by atoms with Crippen LogP contribution in [0.1, 0.15) is 50.3 Å². The zero-order chi connectivity index (χ0) is 16.2. The molecule has 4 nitrogen and oxygen atoms in total. The van der Waals surface area contributed by atoms with Crippen LogP contribution in [-0.2, 0) is 13.0 Å². The molecule has 5 heteroatoms. The van der Waals surface area contributed by atoms with E-state index < -0.39 is 0 Å². The molecule has 1 aromatic heterocycles. The molecular weight excluding hydrogens is 306 g/mol. The molecule has 1 unspecified atom stereocenters. The van der Waals surface area contributed by atoms with Crippen LogP contribution in [0, 0.1) is 5.41 Å². The third kappa shape index (κ3) is 2.61. The summed E-state index contributed by atoms with van der Waals surface area (Å²) in [7, 11) is 0. The molecule has 2 aliphatic heterocycles. The second-order valence-electron chi connectivity index (χ2n) is 7.48. The van der Waals surface area contributed by atoms with Gasteiger partial charge in [0.2, 0.25) is 0 Å². The smallest absolute Gasteiger partial charge is 0.261 e. The van der Waals surface area contributed by atoms with Crippen LogP contribution < -0.4 is 5.56 Å². The summed E-state index contributed by atoms with van der Waals surface area (Å²) < 4.78 is 6.30. The van der Waals surface area contributed by atoms with E-state index in [0.29, 0.717) is 5.25 Å². The number of hydrogen-bond donors (Lipinski definition) is 0. The van der Waals surface area contributed by atoms with Crippen LogP contribution in [0.5, 0.6) is 0 Å². The molecule has 0 spiro atoms. The summed E-state index contributed by atoms with van der Waals surface area (Å²) in [5.74, 6) is 0.936. The van der Waals surface area contributed by atoms with Crippen molar-refractivity contribution in [1.29, 1.82) is 0 Å². The lowest BCUT2D eigenvalue weighted by Gasteiger charge is -2.31. The zero-order valence-electron chi connectivity index (χ0n) is 13.8. The third-order valence-corrected chi connectivity index (χ3v) is 5.97. The average molecular weight is 327 g/mol. The molecule has 0 fully saturated rings. The monoisotopic (exact) mass is 327 g/mol. The van der Waals surface area contributed by atoms with Gasteiger partial charge in [-0.15, -0.1) is 0 Å². The highest BCUT2D eigenvalue weighted by atomic mass is 32.2. The van der Waals surface area contributed by atoms with E-state index in [1.807, 2.05) is 10.6 Å². The van der Waals surface area contributed by atoms with Gasteiger partial charge >= 0.3 is 0 Å². The molecule has 0 amide bonds. The van der Waals surface area contributed by atoms with Gasteiger partial charge in [0.05, 0.1) is 16.2 Å². The fourth-order valence-corrected chi connectivity index (χ4v) is 4.44. The molecule has 4 rings (SSSR count). The van der Waals surface area contributed by atoms with Crippen molar-refractivity contribution in [3.8, 4) is 0 Å². The fourth-order valence-electron chi connectivity index (χ4n) is 3.47. The maximum atomic E-state index is 12.8. The Hall–Kier alpha value is -1.62. The maximum absolute atomic E-state index is 12.8. The second kappa shape index (κ2) is 5.20. The lowest BCUT2D eigenvalue weighted by molar-refractivity contribution is 0.240. The molecule has 0 saturated carbocycles. The first kappa shape index (κ1) is 14.9. The Morgan fingerprint density at radius 1 is 1.35 bits per heavy atom. The number of nitrogens with zero attached hydrogens (tertiary/aromatic N) is 3. The molecular formula is C18H21N3OS. The van der Waals surface area contributed by atoms with Gasteiger partial charge in [-0.2, -0.15) is 0 Å². The predicted octanol–water partition coefficient (Wildman–Crippen LogP) is 3.92. The van der Waals surface area contributed by atoms with Crippen molar-refractivity contribution in [2.75, 3.05) is 0 Å². The summed E-state index contributed by atoms with van der Waals surface area (Å²) in [6.07, 6.45) is 2.94. The van der Waals surface area contributed by atoms with Crippen LogP contribution in [0.15, 0.2) is 27.4 Å². The minimum absolute atomic E-state index is 0.107. The third-order valence-electron chi connectivity index (χ3n) is 4.86. The largest absolute Gasteiger partial charge is 0.296 e. The SMILES string of the molecule is CC1=NSC(c2ccc3c(=O)n4c(nc3c2)CCC(C)(C)C4)C1. The molecule has 120 valence electrons. The number of aryl methyl sites for hydroxylation is 1. The fraction of sp³-hybridized carbons (Fsp3) is 0.500. The van der Waals surface area contributed by atoms with Crippen LogP contribution in [0.3, 0.4) is 0 Å². The van der Waals surface area contributed by atoms with E-state index >= 15 is 0 Å². The van der Waals surface area contributed by atoms with Gasteiger partial charge in [-0.25, -0.2) is 9.38 Å². The van der Waals surface area contributed by atoms with Crippen LogP contribution in [0.4, 0.5) is 0 Å². The second-order valence-corrected chi connectivity index (χ2v) is 8.45. The standard InChI is InChI=1S/C18H21N3OS/c1-11-8-15(23-20-11)12-4-5-13-14(9-12)19-16-6-7-18(2,3)10-21(16)17(13)22/h4-5,9,15H,6-8,10H2,1-3H3. The van der Waals surface area contributed by atoms with Crippen LogP contribution >= 0.6 is 11.9 Å². The summed E-state index contributed by atoms with van der Waals surface area (Å²) >= 11 is 1.62. The molecule has 2 aromatic rings. The van der Waals surface area contributed by atoms with E-state index in [2.05, 4.69) is 37.3 Å². The van der Waals surface area contributed by atoms with E-state index in [1.54, 1.807) is 11.9 Å². The molecule has 3 heterocycles. The van der Waals surface area contributed by atoms with E-state index in [-0.39, 0.29) is 11.0 Å². The quantitative estimate of drug-likeness (QED) is 0.746. The van der Waals surface area contributed by atoms with E-state index in [0.717, 1.165) is 42.5 Å². The Morgan fingerprint density at radius 2 is 2.17 bits per heavy atom. The summed E-state index contributed by atoms with van der Waals surface area (Å²) in [4.78, 5) is 17.7. The Labute approximate surface area is 140 Å². The number of benzene rings is 1. The first-order valence-corrected chi connectivity index (χ1v) is 8.99. The van der Waals surface area contributed by atoms with Gasteiger partial charge < -0.3 is 0 Å². The van der Waals surface area contributed by atoms with Crippen molar-refractivity contribution in [3.05, 3.63) is 39.9 Å². The minimum Gasteiger partial charge on any atom is -0.296 e. The van der Waals surface area contributed by atoms with Crippen molar-refractivity contribution in [2.24, 2.45) is 9.81 Å². The first-order chi connectivity index (χ1) is 10.9. The molecule has 0 N–H and O–H groups in total. The average Bonchev–Trinajstić information content (AvgIpc) is 2.94. The number of fused-ring (bicyclic) bond motifs is 2. The molecule has 0 aliphatic carbocycles. The molecule has 1 atom stereocenters. The Morgan fingerprint density at radius 3 is 2.91 bits per heavy atom. The topological polar surface area (TPSA) is 47.2 Å². The lowest BCUT2D eigenvalue weighted by atomic mass is 9.85. The summed E-state index contributed by atoms with van der Waals surface area (Å²) in [6.45, 7) is 7.26. The van der Waals surface area contributed by atoms with Crippen molar-refractivity contribution in [1.82, 2.24) is 9.55 Å². The molecule has 23 heavy (non-hydrogen) atoms. The molecule has 0 bridgehead atoms. The highest BCUT2D eigenvalue weighted by Crippen LogP contribution is 2.39. The maximum Gasteiger partial charge on any atom is 0.261 e. The zero-order valence-corrected chi connectivity index (χ0v) is 14.6. The van der Waals surface area contributed by atoms with Gasteiger partial charge in [-0.3, -0.25) is 9.36 Å². The predicted molar refractivity (Wildman–Crippen MR) is 96.2 cm³/mol. The number of rotatable bonds is 1. The van der Waals surface area contributed by atoms with Gasteiger partial charge in [0.15, 0.2) is 0 Å². The van der Waals surface area contributed by atoms with Crippen LogP contribution in [0.25, 0.3) is 10.9 Å². The molecule has 0 saturated heterocycles. The van der Waals surface area contributed by atoms with Gasteiger partial charge in [0, 0.05) is 25.1 Å². The summed E-state index contributed by atoms with van der Waals surface area (Å²) in [5, 5.41) is 1.09. The van der Waals surface area contributed by atoms with E-state index in [4.69, 9.17) is 4.98 Å². The lowest BCUT2D eigenvalue weighted by Crippen LogP contribution is -2.36. The van der Waals surface area contributed by atoms with Crippen molar-refractivity contribution in [2.45, 2.75) is 51.8 Å². The number of hydrogen-bond acceptors (Lipinski definition) is 4. The highest BCUT2D eigenvalue weighted by molar-refractivity contribution is 7.98. The molecule has 0 radical (unpaired) electrons. The molecule has 1 aromatic carbocycles.